The van der Waals surface area contributed by atoms with Gasteiger partial charge in [0.25, 0.3) is 5.91 Å². The van der Waals surface area contributed by atoms with Gasteiger partial charge in [-0.25, -0.2) is 0 Å². The molecule has 0 aromatic heterocycles. The van der Waals surface area contributed by atoms with Gasteiger partial charge in [0, 0.05) is 17.3 Å². The lowest BCUT2D eigenvalue weighted by Gasteiger charge is -2.25. The van der Waals surface area contributed by atoms with E-state index in [1.165, 1.54) is 0 Å². The van der Waals surface area contributed by atoms with Crippen LogP contribution in [0.1, 0.15) is 35.7 Å². The monoisotopic (exact) mass is 390 g/mol. The first-order valence-electron chi connectivity index (χ1n) is 8.66. The molecule has 0 saturated carbocycles. The number of carbonyl (C=O) groups is 2. The first-order chi connectivity index (χ1) is 12.5. The second-order valence-corrected chi connectivity index (χ2v) is 7.12. The van der Waals surface area contributed by atoms with Crippen molar-refractivity contribution < 1.29 is 9.59 Å². The fourth-order valence-corrected chi connectivity index (χ4v) is 3.64. The van der Waals surface area contributed by atoms with E-state index in [-0.39, 0.29) is 11.8 Å². The summed E-state index contributed by atoms with van der Waals surface area (Å²) in [4.78, 5) is 27.3. The van der Waals surface area contributed by atoms with Crippen LogP contribution in [0.4, 0.5) is 5.69 Å². The quantitative estimate of drug-likeness (QED) is 0.814. The highest BCUT2D eigenvalue weighted by molar-refractivity contribution is 6.35. The molecule has 136 valence electrons. The topological polar surface area (TPSA) is 49.4 Å². The smallest absolute Gasteiger partial charge is 0.256 e. The minimum atomic E-state index is -0.512. The number of nitrogens with one attached hydrogen (secondary N) is 1. The van der Waals surface area contributed by atoms with Crippen LogP contribution < -0.4 is 5.32 Å². The minimum Gasteiger partial charge on any atom is -0.327 e. The van der Waals surface area contributed by atoms with Gasteiger partial charge in [-0.05, 0) is 49.1 Å². The van der Waals surface area contributed by atoms with Gasteiger partial charge in [-0.15, -0.1) is 0 Å². The minimum absolute atomic E-state index is 0.171. The Morgan fingerprint density at radius 2 is 1.96 bits per heavy atom. The lowest BCUT2D eigenvalue weighted by atomic mass is 10.1. The molecule has 3 rings (SSSR count). The fourth-order valence-electron chi connectivity index (χ4n) is 3.27. The van der Waals surface area contributed by atoms with Crippen LogP contribution in [0.25, 0.3) is 0 Å². The molecule has 0 radical (unpaired) electrons. The number of nitrogens with zero attached hydrogens (tertiary/aromatic N) is 1. The van der Waals surface area contributed by atoms with Gasteiger partial charge in [0.2, 0.25) is 5.91 Å². The summed E-state index contributed by atoms with van der Waals surface area (Å²) in [6.45, 7) is 2.56. The lowest BCUT2D eigenvalue weighted by molar-refractivity contribution is -0.119. The highest BCUT2D eigenvalue weighted by atomic mass is 35.5. The van der Waals surface area contributed by atoms with Crippen LogP contribution in [-0.4, -0.2) is 29.3 Å². The molecule has 1 heterocycles. The summed E-state index contributed by atoms with van der Waals surface area (Å²) in [7, 11) is 0. The second-order valence-electron chi connectivity index (χ2n) is 6.28. The Bertz CT molecular complexity index is 838. The first-order valence-corrected chi connectivity index (χ1v) is 9.41. The van der Waals surface area contributed by atoms with Crippen molar-refractivity contribution in [1.29, 1.82) is 0 Å². The third-order valence-electron chi connectivity index (χ3n) is 4.63. The van der Waals surface area contributed by atoms with E-state index in [2.05, 4.69) is 5.32 Å². The van der Waals surface area contributed by atoms with Crippen molar-refractivity contribution in [2.75, 3.05) is 11.9 Å². The summed E-state index contributed by atoms with van der Waals surface area (Å²) < 4.78 is 0. The van der Waals surface area contributed by atoms with E-state index in [9.17, 15) is 9.59 Å². The highest BCUT2D eigenvalue weighted by Crippen LogP contribution is 2.27. The zero-order chi connectivity index (χ0) is 18.7. The van der Waals surface area contributed by atoms with Crippen LogP contribution in [-0.2, 0) is 11.2 Å². The summed E-state index contributed by atoms with van der Waals surface area (Å²) in [5.74, 6) is -0.436. The number of halogens is 2. The maximum atomic E-state index is 12.9. The van der Waals surface area contributed by atoms with Crippen molar-refractivity contribution >= 4 is 40.7 Å². The number of aryl methyl sites for hydroxylation is 1. The van der Waals surface area contributed by atoms with Crippen LogP contribution in [0.2, 0.25) is 10.0 Å². The number of benzene rings is 2. The summed E-state index contributed by atoms with van der Waals surface area (Å²) in [6, 6.07) is 12.0. The molecule has 0 bridgehead atoms. The Morgan fingerprint density at radius 3 is 2.73 bits per heavy atom. The van der Waals surface area contributed by atoms with Gasteiger partial charge < -0.3 is 10.2 Å². The molecular formula is C20H20Cl2N2O2. The van der Waals surface area contributed by atoms with Crippen molar-refractivity contribution in [1.82, 2.24) is 4.90 Å². The Labute approximate surface area is 163 Å². The number of carbonyl (C=O) groups excluding carboxylic acids is 2. The zero-order valence-corrected chi connectivity index (χ0v) is 16.0. The molecule has 2 amide bonds. The van der Waals surface area contributed by atoms with Gasteiger partial charge >= 0.3 is 0 Å². The average molecular weight is 391 g/mol. The van der Waals surface area contributed by atoms with E-state index in [1.54, 1.807) is 23.1 Å². The van der Waals surface area contributed by atoms with Crippen molar-refractivity contribution in [3.8, 4) is 0 Å². The number of hydrogen-bond acceptors (Lipinski definition) is 2. The summed E-state index contributed by atoms with van der Waals surface area (Å²) in [6.07, 6.45) is 2.23. The van der Waals surface area contributed by atoms with Gasteiger partial charge in [-0.2, -0.15) is 0 Å². The molecule has 0 aliphatic carbocycles. The van der Waals surface area contributed by atoms with Gasteiger partial charge in [-0.3, -0.25) is 9.59 Å². The van der Waals surface area contributed by atoms with Crippen LogP contribution in [0.5, 0.6) is 0 Å². The molecule has 1 atom stereocenters. The molecule has 4 nitrogen and oxygen atoms in total. The van der Waals surface area contributed by atoms with E-state index in [1.807, 2.05) is 31.2 Å². The number of hydrogen-bond donors (Lipinski definition) is 1. The van der Waals surface area contributed by atoms with E-state index < -0.39 is 6.04 Å². The second kappa shape index (κ2) is 8.11. The van der Waals surface area contributed by atoms with Crippen LogP contribution in [0.3, 0.4) is 0 Å². The Kier molecular flexibility index (Phi) is 5.84. The largest absolute Gasteiger partial charge is 0.327 e. The molecule has 1 N–H and O–H groups in total. The zero-order valence-electron chi connectivity index (χ0n) is 14.5. The standard InChI is InChI=1S/C20H20Cl2N2O2/c1-2-13-6-3-4-7-17(13)23-19(25)18-8-5-11-24(18)20(26)15-12-14(21)9-10-16(15)22/h3-4,6-7,9-10,12,18H,2,5,8,11H2,1H3,(H,23,25). The molecule has 1 saturated heterocycles. The predicted molar refractivity (Wildman–Crippen MR) is 105 cm³/mol. The third-order valence-corrected chi connectivity index (χ3v) is 5.20. The molecule has 1 fully saturated rings. The maximum Gasteiger partial charge on any atom is 0.256 e. The molecule has 1 aliphatic heterocycles. The van der Waals surface area contributed by atoms with Gasteiger partial charge in [0.05, 0.1) is 10.6 Å². The Morgan fingerprint density at radius 1 is 1.19 bits per heavy atom. The molecular weight excluding hydrogens is 371 g/mol. The van der Waals surface area contributed by atoms with E-state index in [0.29, 0.717) is 28.6 Å². The van der Waals surface area contributed by atoms with Crippen molar-refractivity contribution in [3.63, 3.8) is 0 Å². The number of anilines is 1. The summed E-state index contributed by atoms with van der Waals surface area (Å²) in [5.41, 5.74) is 2.18. The van der Waals surface area contributed by atoms with Gasteiger partial charge in [0.15, 0.2) is 0 Å². The first kappa shape index (κ1) is 18.7. The SMILES string of the molecule is CCc1ccccc1NC(=O)C1CCCN1C(=O)c1cc(Cl)ccc1Cl. The normalized spacial score (nSPS) is 16.6. The number of para-hydroxylation sites is 1. The summed E-state index contributed by atoms with van der Waals surface area (Å²) in [5, 5.41) is 3.75. The Balaban J connectivity index is 1.80. The van der Waals surface area contributed by atoms with Crippen molar-refractivity contribution in [2.24, 2.45) is 0 Å². The number of amides is 2. The fraction of sp³-hybridized carbons (Fsp3) is 0.300. The molecule has 6 heteroatoms. The summed E-state index contributed by atoms with van der Waals surface area (Å²) >= 11 is 12.2. The molecule has 1 unspecified atom stereocenters. The molecule has 2 aromatic carbocycles. The average Bonchev–Trinajstić information content (AvgIpc) is 3.13. The highest BCUT2D eigenvalue weighted by Gasteiger charge is 2.35. The van der Waals surface area contributed by atoms with Crippen molar-refractivity contribution in [3.05, 3.63) is 63.6 Å². The van der Waals surface area contributed by atoms with Gasteiger partial charge in [0.1, 0.15) is 6.04 Å². The van der Waals surface area contributed by atoms with Crippen LogP contribution >= 0.6 is 23.2 Å². The Hall–Kier alpha value is -2.04. The third kappa shape index (κ3) is 3.87. The van der Waals surface area contributed by atoms with Gasteiger partial charge in [-0.1, -0.05) is 48.3 Å². The van der Waals surface area contributed by atoms with Crippen LogP contribution in [0.15, 0.2) is 42.5 Å². The predicted octanol–water partition coefficient (Wildman–Crippen LogP) is 4.80. The maximum absolute atomic E-state index is 12.9. The number of likely N-dealkylation sites (tertiary alicyclic amines) is 1. The van der Waals surface area contributed by atoms with E-state index in [4.69, 9.17) is 23.2 Å². The lowest BCUT2D eigenvalue weighted by Crippen LogP contribution is -2.43. The molecule has 0 spiro atoms. The molecule has 2 aromatic rings. The van der Waals surface area contributed by atoms with Crippen molar-refractivity contribution in [2.45, 2.75) is 32.2 Å². The number of rotatable bonds is 4. The molecule has 1 aliphatic rings. The van der Waals surface area contributed by atoms with Crippen LogP contribution in [0, 0.1) is 0 Å². The molecule has 26 heavy (non-hydrogen) atoms. The van der Waals surface area contributed by atoms with E-state index >= 15 is 0 Å². The van der Waals surface area contributed by atoms with E-state index in [0.717, 1.165) is 24.1 Å².